The zero-order valence-electron chi connectivity index (χ0n) is 8.14. The SMILES string of the molecule is CCC=CC12CCC(C=C1C)C2. The highest BCUT2D eigenvalue weighted by atomic mass is 14.5. The van der Waals surface area contributed by atoms with Crippen molar-refractivity contribution in [3.05, 3.63) is 23.8 Å². The molecular weight excluding hydrogens is 144 g/mol. The van der Waals surface area contributed by atoms with Crippen LogP contribution in [0, 0.1) is 11.3 Å². The monoisotopic (exact) mass is 162 g/mol. The summed E-state index contributed by atoms with van der Waals surface area (Å²) in [5, 5.41) is 0. The summed E-state index contributed by atoms with van der Waals surface area (Å²) >= 11 is 0. The Morgan fingerprint density at radius 2 is 2.50 bits per heavy atom. The maximum absolute atomic E-state index is 2.49. The Morgan fingerprint density at radius 1 is 1.67 bits per heavy atom. The lowest BCUT2D eigenvalue weighted by atomic mass is 9.81. The van der Waals surface area contributed by atoms with E-state index in [-0.39, 0.29) is 0 Å². The van der Waals surface area contributed by atoms with Gasteiger partial charge in [0.15, 0.2) is 0 Å². The first-order chi connectivity index (χ1) is 5.77. The molecule has 0 nitrogen and oxygen atoms in total. The molecule has 0 radical (unpaired) electrons. The first-order valence-electron chi connectivity index (χ1n) is 5.13. The fraction of sp³-hybridized carbons (Fsp3) is 0.667. The number of allylic oxidation sites excluding steroid dienone is 4. The molecule has 2 bridgehead atoms. The van der Waals surface area contributed by atoms with Crippen molar-refractivity contribution >= 4 is 0 Å². The maximum atomic E-state index is 2.49. The third kappa shape index (κ3) is 1.05. The normalized spacial score (nSPS) is 39.5. The van der Waals surface area contributed by atoms with E-state index >= 15 is 0 Å². The van der Waals surface area contributed by atoms with Gasteiger partial charge in [-0.1, -0.05) is 30.7 Å². The van der Waals surface area contributed by atoms with Crippen LogP contribution in [0.2, 0.25) is 0 Å². The largest absolute Gasteiger partial charge is 0.0879 e. The molecule has 0 heteroatoms. The molecule has 0 aromatic carbocycles. The van der Waals surface area contributed by atoms with Crippen LogP contribution in [0.5, 0.6) is 0 Å². The van der Waals surface area contributed by atoms with Crippen LogP contribution in [-0.4, -0.2) is 0 Å². The van der Waals surface area contributed by atoms with Crippen LogP contribution in [0.4, 0.5) is 0 Å². The summed E-state index contributed by atoms with van der Waals surface area (Å²) in [6, 6.07) is 0. The Kier molecular flexibility index (Phi) is 1.86. The van der Waals surface area contributed by atoms with E-state index in [1.54, 1.807) is 5.57 Å². The van der Waals surface area contributed by atoms with E-state index in [4.69, 9.17) is 0 Å². The van der Waals surface area contributed by atoms with Crippen LogP contribution in [0.15, 0.2) is 23.8 Å². The van der Waals surface area contributed by atoms with Gasteiger partial charge in [-0.25, -0.2) is 0 Å². The molecule has 2 atom stereocenters. The lowest BCUT2D eigenvalue weighted by Gasteiger charge is -2.24. The molecule has 2 aliphatic carbocycles. The van der Waals surface area contributed by atoms with Gasteiger partial charge in [0.1, 0.15) is 0 Å². The van der Waals surface area contributed by atoms with Crippen molar-refractivity contribution in [1.29, 1.82) is 0 Å². The third-order valence-electron chi connectivity index (χ3n) is 3.53. The Labute approximate surface area is 75.4 Å². The smallest absolute Gasteiger partial charge is 0.00938 e. The van der Waals surface area contributed by atoms with E-state index < -0.39 is 0 Å². The zero-order chi connectivity index (χ0) is 8.60. The molecule has 66 valence electrons. The van der Waals surface area contributed by atoms with Crippen LogP contribution in [0.3, 0.4) is 0 Å². The topological polar surface area (TPSA) is 0 Å². The van der Waals surface area contributed by atoms with Gasteiger partial charge in [0.05, 0.1) is 0 Å². The van der Waals surface area contributed by atoms with Gasteiger partial charge in [0.25, 0.3) is 0 Å². The van der Waals surface area contributed by atoms with Gasteiger partial charge in [-0.2, -0.15) is 0 Å². The van der Waals surface area contributed by atoms with Crippen molar-refractivity contribution in [2.45, 2.75) is 39.5 Å². The molecule has 2 unspecified atom stereocenters. The molecule has 1 saturated carbocycles. The molecule has 0 aromatic heterocycles. The lowest BCUT2D eigenvalue weighted by Crippen LogP contribution is -2.12. The second-order valence-corrected chi connectivity index (χ2v) is 4.32. The van der Waals surface area contributed by atoms with Gasteiger partial charge < -0.3 is 0 Å². The van der Waals surface area contributed by atoms with Crippen molar-refractivity contribution in [2.75, 3.05) is 0 Å². The molecule has 0 N–H and O–H groups in total. The minimum atomic E-state index is 0.501. The highest BCUT2D eigenvalue weighted by Crippen LogP contribution is 2.54. The van der Waals surface area contributed by atoms with Crippen LogP contribution in [0.25, 0.3) is 0 Å². The third-order valence-corrected chi connectivity index (χ3v) is 3.53. The molecule has 1 fully saturated rings. The van der Waals surface area contributed by atoms with Crippen molar-refractivity contribution in [2.24, 2.45) is 11.3 Å². The van der Waals surface area contributed by atoms with Gasteiger partial charge in [-0.15, -0.1) is 0 Å². The molecule has 2 aliphatic rings. The Bertz CT molecular complexity index is 234. The fourth-order valence-electron chi connectivity index (χ4n) is 2.76. The van der Waals surface area contributed by atoms with Gasteiger partial charge in [-0.3, -0.25) is 0 Å². The Hall–Kier alpha value is -0.520. The lowest BCUT2D eigenvalue weighted by molar-refractivity contribution is 0.489. The predicted molar refractivity (Wildman–Crippen MR) is 53.0 cm³/mol. The van der Waals surface area contributed by atoms with Gasteiger partial charge in [0.2, 0.25) is 0 Å². The molecule has 0 aliphatic heterocycles. The summed E-state index contributed by atoms with van der Waals surface area (Å²) in [5.74, 6) is 0.909. The van der Waals surface area contributed by atoms with E-state index in [1.807, 2.05) is 0 Å². The van der Waals surface area contributed by atoms with E-state index in [0.717, 1.165) is 5.92 Å². The number of fused-ring (bicyclic) bond motifs is 2. The van der Waals surface area contributed by atoms with Gasteiger partial charge in [-0.05, 0) is 38.5 Å². The molecule has 0 aromatic rings. The Morgan fingerprint density at radius 3 is 3.00 bits per heavy atom. The van der Waals surface area contributed by atoms with E-state index in [2.05, 4.69) is 32.1 Å². The highest BCUT2D eigenvalue weighted by molar-refractivity contribution is 5.30. The van der Waals surface area contributed by atoms with E-state index in [0.29, 0.717) is 5.41 Å². The summed E-state index contributed by atoms with van der Waals surface area (Å²) in [4.78, 5) is 0. The van der Waals surface area contributed by atoms with Gasteiger partial charge in [0, 0.05) is 5.41 Å². The van der Waals surface area contributed by atoms with Crippen LogP contribution >= 0.6 is 0 Å². The maximum Gasteiger partial charge on any atom is 0.00938 e. The fourth-order valence-corrected chi connectivity index (χ4v) is 2.76. The molecule has 2 rings (SSSR count). The quantitative estimate of drug-likeness (QED) is 0.543. The summed E-state index contributed by atoms with van der Waals surface area (Å²) in [6.07, 6.45) is 12.7. The Balaban J connectivity index is 2.21. The van der Waals surface area contributed by atoms with Crippen LogP contribution in [-0.2, 0) is 0 Å². The minimum Gasteiger partial charge on any atom is -0.0879 e. The molecule has 12 heavy (non-hydrogen) atoms. The summed E-state index contributed by atoms with van der Waals surface area (Å²) in [7, 11) is 0. The predicted octanol–water partition coefficient (Wildman–Crippen LogP) is 3.70. The molecule has 0 heterocycles. The summed E-state index contributed by atoms with van der Waals surface area (Å²) in [5.41, 5.74) is 2.13. The molecular formula is C12H18. The van der Waals surface area contributed by atoms with Crippen LogP contribution < -0.4 is 0 Å². The highest BCUT2D eigenvalue weighted by Gasteiger charge is 2.42. The summed E-state index contributed by atoms with van der Waals surface area (Å²) < 4.78 is 0. The second-order valence-electron chi connectivity index (χ2n) is 4.32. The first kappa shape index (κ1) is 8.10. The first-order valence-corrected chi connectivity index (χ1v) is 5.13. The zero-order valence-corrected chi connectivity index (χ0v) is 8.14. The van der Waals surface area contributed by atoms with Crippen molar-refractivity contribution in [3.8, 4) is 0 Å². The van der Waals surface area contributed by atoms with E-state index in [1.165, 1.54) is 25.7 Å². The molecule has 0 saturated heterocycles. The standard InChI is InChI=1S/C12H18/c1-3-4-6-12-7-5-11(9-12)8-10(12)2/h4,6,8,11H,3,5,7,9H2,1-2H3. The molecule has 0 amide bonds. The number of rotatable bonds is 2. The van der Waals surface area contributed by atoms with Crippen LogP contribution in [0.1, 0.15) is 39.5 Å². The minimum absolute atomic E-state index is 0.501. The number of hydrogen-bond acceptors (Lipinski definition) is 0. The van der Waals surface area contributed by atoms with Gasteiger partial charge >= 0.3 is 0 Å². The van der Waals surface area contributed by atoms with Crippen molar-refractivity contribution in [3.63, 3.8) is 0 Å². The average molecular weight is 162 g/mol. The van der Waals surface area contributed by atoms with Crippen molar-refractivity contribution in [1.82, 2.24) is 0 Å². The summed E-state index contributed by atoms with van der Waals surface area (Å²) in [6.45, 7) is 4.52. The van der Waals surface area contributed by atoms with E-state index in [9.17, 15) is 0 Å². The second kappa shape index (κ2) is 2.76. The molecule has 0 spiro atoms. The van der Waals surface area contributed by atoms with Crippen molar-refractivity contribution < 1.29 is 0 Å². The number of hydrogen-bond donors (Lipinski definition) is 0. The average Bonchev–Trinajstić information content (AvgIpc) is 2.58.